The monoisotopic (exact) mass is 689 g/mol. The van der Waals surface area contributed by atoms with Crippen molar-refractivity contribution in [3.63, 3.8) is 0 Å². The van der Waals surface area contributed by atoms with Crippen LogP contribution in [-0.2, 0) is 41.4 Å². The number of guanidine groups is 1. The molecule has 2 bridgehead atoms. The highest BCUT2D eigenvalue weighted by atomic mass is 31.2. The minimum atomic E-state index is -5.00. The van der Waals surface area contributed by atoms with Gasteiger partial charge in [-0.25, -0.2) is 34.1 Å². The first-order valence-electron chi connectivity index (χ1n) is 13.5. The lowest BCUT2D eigenvalue weighted by molar-refractivity contribution is -0.0677. The number of nitrogen functional groups attached to an aromatic ring is 1. The average Bonchev–Trinajstić information content (AvgIpc) is 3.75. The van der Waals surface area contributed by atoms with E-state index < -0.39 is 84.1 Å². The SMILES string of the molecule is CO[C@H]1[C@H]2OP(=O)(O)OC[C@H]3O[C@@H](n4cnc5c(N)ncnc54)[C@H](O)[C@@H]3OP(=O)(O)OC[C@H]1O[C@H]2n1cnc2c1NC(N)=NC2N. The van der Waals surface area contributed by atoms with Gasteiger partial charge >= 0.3 is 15.6 Å². The topological polar surface area (TPSA) is 323 Å². The number of imidazole rings is 2. The zero-order chi connectivity index (χ0) is 32.5. The molecule has 0 amide bonds. The number of rotatable bonds is 3. The average molecular weight is 689 g/mol. The van der Waals surface area contributed by atoms with E-state index >= 15 is 0 Å². The number of aliphatic imine (C=N–C) groups is 1. The van der Waals surface area contributed by atoms with E-state index in [1.54, 1.807) is 0 Å². The van der Waals surface area contributed by atoms with Crippen LogP contribution in [0.2, 0.25) is 0 Å². The van der Waals surface area contributed by atoms with Crippen LogP contribution in [0, 0.1) is 0 Å². The van der Waals surface area contributed by atoms with Gasteiger partial charge in [-0.05, 0) is 0 Å². The van der Waals surface area contributed by atoms with Gasteiger partial charge in [0.2, 0.25) is 0 Å². The van der Waals surface area contributed by atoms with Gasteiger partial charge in [-0.2, -0.15) is 0 Å². The predicted molar refractivity (Wildman–Crippen MR) is 150 cm³/mol. The predicted octanol–water partition coefficient (Wildman–Crippen LogP) is -1.81. The molecule has 0 aromatic carbocycles. The van der Waals surface area contributed by atoms with E-state index in [1.807, 2.05) is 0 Å². The standard InChI is InChI=1S/C21H29N11O12P2/c1-38-13-8-3-40-45(34,35)43-12-7(41-19(11(12)33)31-5-27-9-15(22)25-4-26-17(9)31)2-39-46(36,37)44-14(13)20(42-8)32-6-28-10-16(23)29-21(24)30-18(10)32/h4-8,11-14,16,19-20,33H,2-3,23H2,1H3,(H,34,35)(H,36,37)(H2,22,25,26)(H3,24,29,30)/t7-,8-,11-,12-,13-,14-,16?,19-,20-/m1/s1. The van der Waals surface area contributed by atoms with Crippen LogP contribution in [0.25, 0.3) is 11.2 Å². The molecule has 0 aliphatic carbocycles. The molecular weight excluding hydrogens is 660 g/mol. The Morgan fingerprint density at radius 3 is 2.37 bits per heavy atom. The van der Waals surface area contributed by atoms with E-state index in [9.17, 15) is 24.0 Å². The number of phosphoric acid groups is 2. The van der Waals surface area contributed by atoms with Crippen LogP contribution in [0.15, 0.2) is 24.0 Å². The van der Waals surface area contributed by atoms with Crippen LogP contribution >= 0.6 is 15.6 Å². The molecule has 4 aliphatic rings. The van der Waals surface area contributed by atoms with Crippen molar-refractivity contribution in [3.8, 4) is 0 Å². The van der Waals surface area contributed by atoms with Crippen molar-refractivity contribution in [3.05, 3.63) is 24.7 Å². The summed E-state index contributed by atoms with van der Waals surface area (Å²) in [5.41, 5.74) is 18.4. The lowest BCUT2D eigenvalue weighted by Gasteiger charge is -2.27. The minimum absolute atomic E-state index is 0.0247. The Balaban J connectivity index is 1.20. The smallest absolute Gasteiger partial charge is 0.386 e. The third kappa shape index (κ3) is 5.48. The molecule has 46 heavy (non-hydrogen) atoms. The summed E-state index contributed by atoms with van der Waals surface area (Å²) in [6.07, 6.45) is -8.19. The zero-order valence-electron chi connectivity index (χ0n) is 23.6. The van der Waals surface area contributed by atoms with E-state index in [2.05, 4.69) is 30.2 Å². The number of aliphatic hydroxyl groups excluding tert-OH is 1. The largest absolute Gasteiger partial charge is 0.472 e. The van der Waals surface area contributed by atoms with Crippen molar-refractivity contribution in [1.82, 2.24) is 29.1 Å². The number of fused-ring (bicyclic) bond motifs is 5. The van der Waals surface area contributed by atoms with Gasteiger partial charge in [0.25, 0.3) is 0 Å². The summed E-state index contributed by atoms with van der Waals surface area (Å²) in [5, 5.41) is 14.0. The van der Waals surface area contributed by atoms with Gasteiger partial charge < -0.3 is 51.6 Å². The highest BCUT2D eigenvalue weighted by Gasteiger charge is 2.54. The molecule has 0 radical (unpaired) electrons. The van der Waals surface area contributed by atoms with Crippen LogP contribution in [0.1, 0.15) is 24.3 Å². The minimum Gasteiger partial charge on any atom is -0.386 e. The first-order valence-corrected chi connectivity index (χ1v) is 16.5. The Hall–Kier alpha value is -3.15. The first-order chi connectivity index (χ1) is 21.9. The summed E-state index contributed by atoms with van der Waals surface area (Å²) in [4.78, 5) is 41.9. The fourth-order valence-electron chi connectivity index (χ4n) is 5.72. The summed E-state index contributed by atoms with van der Waals surface area (Å²) >= 11 is 0. The Morgan fingerprint density at radius 2 is 1.63 bits per heavy atom. The third-order valence-electron chi connectivity index (χ3n) is 7.74. The quantitative estimate of drug-likeness (QED) is 0.149. The summed E-state index contributed by atoms with van der Waals surface area (Å²) < 4.78 is 68.3. The van der Waals surface area contributed by atoms with Crippen LogP contribution < -0.4 is 22.5 Å². The van der Waals surface area contributed by atoms with E-state index in [-0.39, 0.29) is 34.5 Å². The van der Waals surface area contributed by atoms with Crippen LogP contribution in [0.5, 0.6) is 0 Å². The second-order valence-corrected chi connectivity index (χ2v) is 13.4. The van der Waals surface area contributed by atoms with Crippen molar-refractivity contribution >= 4 is 44.4 Å². The highest BCUT2D eigenvalue weighted by molar-refractivity contribution is 7.47. The third-order valence-corrected chi connectivity index (χ3v) is 9.71. The number of aliphatic hydroxyl groups is 1. The number of phosphoric ester groups is 2. The second-order valence-electron chi connectivity index (χ2n) is 10.5. The summed E-state index contributed by atoms with van der Waals surface area (Å²) in [6, 6.07) is 0. The summed E-state index contributed by atoms with van der Waals surface area (Å²) in [5.74, 6) is 0.284. The molecule has 4 aliphatic heterocycles. The lowest BCUT2D eigenvalue weighted by Crippen LogP contribution is -2.37. The fraction of sp³-hybridized carbons (Fsp3) is 0.571. The molecule has 3 aromatic rings. The van der Waals surface area contributed by atoms with Crippen LogP contribution in [0.3, 0.4) is 0 Å². The second kappa shape index (κ2) is 11.5. The molecule has 3 fully saturated rings. The van der Waals surface area contributed by atoms with Crippen LogP contribution in [0.4, 0.5) is 11.6 Å². The molecule has 7 heterocycles. The van der Waals surface area contributed by atoms with Crippen molar-refractivity contribution in [2.24, 2.45) is 16.5 Å². The van der Waals surface area contributed by atoms with Crippen molar-refractivity contribution in [2.75, 3.05) is 31.4 Å². The molecule has 11 atom stereocenters. The molecular formula is C21H29N11O12P2. The number of nitrogens with two attached hydrogens (primary N) is 3. The number of anilines is 2. The molecule has 0 saturated carbocycles. The Labute approximate surface area is 257 Å². The van der Waals surface area contributed by atoms with Crippen LogP contribution in [-0.4, -0.2) is 107 Å². The van der Waals surface area contributed by atoms with Gasteiger partial charge in [0.1, 0.15) is 66.1 Å². The van der Waals surface area contributed by atoms with Gasteiger partial charge in [-0.1, -0.05) is 0 Å². The highest BCUT2D eigenvalue weighted by Crippen LogP contribution is 2.54. The maximum Gasteiger partial charge on any atom is 0.472 e. The molecule has 250 valence electrons. The first kappa shape index (κ1) is 31.4. The fourth-order valence-corrected chi connectivity index (χ4v) is 7.61. The van der Waals surface area contributed by atoms with E-state index in [1.165, 1.54) is 35.2 Å². The van der Waals surface area contributed by atoms with Gasteiger partial charge in [-0.15, -0.1) is 0 Å². The number of methoxy groups -OCH3 is 1. The lowest BCUT2D eigenvalue weighted by atomic mass is 10.1. The molecule has 25 heteroatoms. The molecule has 0 spiro atoms. The van der Waals surface area contributed by atoms with Gasteiger partial charge in [0.05, 0.1) is 25.9 Å². The molecule has 3 aromatic heterocycles. The molecule has 23 nitrogen and oxygen atoms in total. The number of hydrogen-bond donors (Lipinski definition) is 7. The van der Waals surface area contributed by atoms with Crippen molar-refractivity contribution in [1.29, 1.82) is 0 Å². The van der Waals surface area contributed by atoms with E-state index in [4.69, 9.17) is 49.5 Å². The normalized spacial score (nSPS) is 39.8. The Kier molecular flexibility index (Phi) is 7.88. The maximum atomic E-state index is 13.4. The number of nitrogens with zero attached hydrogens (tertiary/aromatic N) is 7. The molecule has 3 unspecified atom stereocenters. The number of nitrogens with one attached hydrogen (secondary N) is 1. The van der Waals surface area contributed by atoms with Gasteiger partial charge in [0, 0.05) is 7.11 Å². The molecule has 10 N–H and O–H groups in total. The van der Waals surface area contributed by atoms with Crippen molar-refractivity contribution < 1.29 is 56.3 Å². The Morgan fingerprint density at radius 1 is 0.957 bits per heavy atom. The number of hydrogen-bond acceptors (Lipinski definition) is 19. The molecule has 7 rings (SSSR count). The number of ether oxygens (including phenoxy) is 3. The number of aromatic nitrogens is 6. The van der Waals surface area contributed by atoms with E-state index in [0.717, 1.165) is 0 Å². The van der Waals surface area contributed by atoms with Gasteiger partial charge in [0.15, 0.2) is 29.9 Å². The molecule has 3 saturated heterocycles. The van der Waals surface area contributed by atoms with E-state index in [0.29, 0.717) is 0 Å². The summed E-state index contributed by atoms with van der Waals surface area (Å²) in [6.45, 7) is -1.40. The summed E-state index contributed by atoms with van der Waals surface area (Å²) in [7, 11) is -8.72. The maximum absolute atomic E-state index is 13.4. The van der Waals surface area contributed by atoms with Crippen molar-refractivity contribution in [2.45, 2.75) is 55.2 Å². The zero-order valence-corrected chi connectivity index (χ0v) is 25.4. The Bertz CT molecular complexity index is 1770. The van der Waals surface area contributed by atoms with Gasteiger partial charge in [-0.3, -0.25) is 27.2 Å².